The summed E-state index contributed by atoms with van der Waals surface area (Å²) in [7, 11) is 4.60. The third kappa shape index (κ3) is 5.51. The van der Waals surface area contributed by atoms with Gasteiger partial charge >= 0.3 is 18.1 Å². The van der Waals surface area contributed by atoms with Crippen LogP contribution in [-0.2, 0) is 14.3 Å². The topological polar surface area (TPSA) is 79.4 Å². The van der Waals surface area contributed by atoms with Gasteiger partial charge in [0.05, 0.1) is 13.2 Å². The van der Waals surface area contributed by atoms with Crippen LogP contribution in [0.2, 0.25) is 0 Å². The predicted octanol–water partition coefficient (Wildman–Crippen LogP) is 2.18. The number of urea groups is 1. The summed E-state index contributed by atoms with van der Waals surface area (Å²) >= 11 is 0. The van der Waals surface area contributed by atoms with Crippen LogP contribution in [0.5, 0.6) is 0 Å². The van der Waals surface area contributed by atoms with E-state index in [9.17, 15) is 14.4 Å². The van der Waals surface area contributed by atoms with Gasteiger partial charge in [-0.2, -0.15) is 0 Å². The molecule has 1 saturated heterocycles. The highest BCUT2D eigenvalue weighted by molar-refractivity contribution is 5.83. The molecular weight excluding hydrogens is 338 g/mol. The fourth-order valence-corrected chi connectivity index (χ4v) is 3.07. The molecule has 2 atom stereocenters. The third-order valence-corrected chi connectivity index (χ3v) is 4.46. The van der Waals surface area contributed by atoms with Gasteiger partial charge < -0.3 is 24.2 Å². The van der Waals surface area contributed by atoms with Gasteiger partial charge in [-0.05, 0) is 33.1 Å². The lowest BCUT2D eigenvalue weighted by Crippen LogP contribution is -2.53. The first-order valence-corrected chi connectivity index (χ1v) is 8.94. The number of nitrogens with zero attached hydrogens (tertiary/aromatic N) is 3. The van der Waals surface area contributed by atoms with Gasteiger partial charge in [0.2, 0.25) is 0 Å². The SMILES string of the molecule is COC(=O)C(C(C)C)N(C)C(=O)N(C)[C@H]1CCN(C(=O)OC(C)(C)C)C1. The minimum Gasteiger partial charge on any atom is -0.467 e. The number of rotatable bonds is 4. The zero-order valence-corrected chi connectivity index (χ0v) is 17.2. The Balaban J connectivity index is 2.74. The van der Waals surface area contributed by atoms with Crippen molar-refractivity contribution in [2.75, 3.05) is 34.3 Å². The molecule has 0 aromatic rings. The maximum absolute atomic E-state index is 12.8. The molecule has 1 aliphatic heterocycles. The van der Waals surface area contributed by atoms with Crippen molar-refractivity contribution >= 4 is 18.1 Å². The van der Waals surface area contributed by atoms with Crippen molar-refractivity contribution < 1.29 is 23.9 Å². The van der Waals surface area contributed by atoms with Crippen LogP contribution in [0.1, 0.15) is 41.0 Å². The maximum Gasteiger partial charge on any atom is 0.410 e. The van der Waals surface area contributed by atoms with Crippen molar-refractivity contribution in [2.45, 2.75) is 58.7 Å². The van der Waals surface area contributed by atoms with Gasteiger partial charge in [0.1, 0.15) is 11.6 Å². The predicted molar refractivity (Wildman–Crippen MR) is 97.8 cm³/mol. The molecule has 1 rings (SSSR count). The molecule has 0 N–H and O–H groups in total. The van der Waals surface area contributed by atoms with Gasteiger partial charge in [-0.15, -0.1) is 0 Å². The van der Waals surface area contributed by atoms with Crippen LogP contribution in [0.15, 0.2) is 0 Å². The second-order valence-electron chi connectivity index (χ2n) is 8.09. The molecule has 1 heterocycles. The van der Waals surface area contributed by atoms with Crippen LogP contribution >= 0.6 is 0 Å². The summed E-state index contributed by atoms with van der Waals surface area (Å²) in [5.74, 6) is -0.516. The third-order valence-electron chi connectivity index (χ3n) is 4.46. The molecule has 26 heavy (non-hydrogen) atoms. The fraction of sp³-hybridized carbons (Fsp3) is 0.833. The van der Waals surface area contributed by atoms with Gasteiger partial charge in [-0.1, -0.05) is 13.8 Å². The molecule has 3 amide bonds. The summed E-state index contributed by atoms with van der Waals surface area (Å²) in [6.07, 6.45) is 0.295. The van der Waals surface area contributed by atoms with E-state index in [-0.39, 0.29) is 24.1 Å². The lowest BCUT2D eigenvalue weighted by Gasteiger charge is -2.34. The van der Waals surface area contributed by atoms with Gasteiger partial charge in [0.15, 0.2) is 0 Å². The molecule has 150 valence electrons. The molecule has 0 bridgehead atoms. The number of hydrogen-bond acceptors (Lipinski definition) is 5. The Morgan fingerprint density at radius 1 is 1.15 bits per heavy atom. The Labute approximate surface area is 156 Å². The van der Waals surface area contributed by atoms with E-state index in [0.717, 1.165) is 0 Å². The van der Waals surface area contributed by atoms with E-state index >= 15 is 0 Å². The first-order chi connectivity index (χ1) is 11.9. The molecule has 0 aromatic carbocycles. The first kappa shape index (κ1) is 22.1. The van der Waals surface area contributed by atoms with E-state index < -0.39 is 17.6 Å². The Morgan fingerprint density at radius 3 is 2.19 bits per heavy atom. The van der Waals surface area contributed by atoms with E-state index in [4.69, 9.17) is 9.47 Å². The van der Waals surface area contributed by atoms with Crippen LogP contribution in [0, 0.1) is 5.92 Å². The summed E-state index contributed by atoms with van der Waals surface area (Å²) in [5.41, 5.74) is -0.553. The number of likely N-dealkylation sites (N-methyl/N-ethyl adjacent to an activating group) is 2. The minimum atomic E-state index is -0.654. The van der Waals surface area contributed by atoms with Crippen LogP contribution in [0.4, 0.5) is 9.59 Å². The lowest BCUT2D eigenvalue weighted by molar-refractivity contribution is -0.147. The second-order valence-corrected chi connectivity index (χ2v) is 8.09. The van der Waals surface area contributed by atoms with E-state index in [2.05, 4.69) is 0 Å². The van der Waals surface area contributed by atoms with Crippen molar-refractivity contribution in [1.82, 2.24) is 14.7 Å². The number of carbonyl (C=O) groups is 3. The standard InChI is InChI=1S/C18H33N3O5/c1-12(2)14(15(22)25-8)20(7)16(23)19(6)13-9-10-21(11-13)17(24)26-18(3,4)5/h12-14H,9-11H2,1-8H3/t13-,14?/m0/s1. The number of esters is 1. The number of hydrogen-bond donors (Lipinski definition) is 0. The summed E-state index contributed by atoms with van der Waals surface area (Å²) in [6.45, 7) is 10.1. The van der Waals surface area contributed by atoms with Gasteiger partial charge in [0.25, 0.3) is 0 Å². The Hall–Kier alpha value is -1.99. The average Bonchev–Trinajstić information content (AvgIpc) is 3.01. The number of carbonyl (C=O) groups excluding carboxylic acids is 3. The lowest BCUT2D eigenvalue weighted by atomic mass is 10.0. The van der Waals surface area contributed by atoms with Crippen molar-refractivity contribution in [2.24, 2.45) is 5.92 Å². The monoisotopic (exact) mass is 371 g/mol. The number of likely N-dealkylation sites (tertiary alicyclic amines) is 1. The molecular formula is C18H33N3O5. The summed E-state index contributed by atoms with van der Waals surface area (Å²) in [6, 6.07) is -1.05. The number of methoxy groups -OCH3 is 1. The quantitative estimate of drug-likeness (QED) is 0.708. The van der Waals surface area contributed by atoms with Crippen molar-refractivity contribution in [3.8, 4) is 0 Å². The highest BCUT2D eigenvalue weighted by Gasteiger charge is 2.37. The Kier molecular flexibility index (Phi) is 7.29. The van der Waals surface area contributed by atoms with Crippen molar-refractivity contribution in [1.29, 1.82) is 0 Å². The normalized spacial score (nSPS) is 18.5. The average molecular weight is 371 g/mol. The minimum absolute atomic E-state index is 0.0772. The molecule has 1 fully saturated rings. The van der Waals surface area contributed by atoms with E-state index in [1.165, 1.54) is 12.0 Å². The highest BCUT2D eigenvalue weighted by Crippen LogP contribution is 2.20. The second kappa shape index (κ2) is 8.60. The van der Waals surface area contributed by atoms with Crippen LogP contribution in [-0.4, -0.2) is 84.8 Å². The summed E-state index contributed by atoms with van der Waals surface area (Å²) in [5, 5.41) is 0. The fourth-order valence-electron chi connectivity index (χ4n) is 3.07. The molecule has 0 aliphatic carbocycles. The summed E-state index contributed by atoms with van der Waals surface area (Å²) in [4.78, 5) is 41.6. The largest absolute Gasteiger partial charge is 0.467 e. The number of amides is 3. The smallest absolute Gasteiger partial charge is 0.410 e. The Bertz CT molecular complexity index is 529. The van der Waals surface area contributed by atoms with Gasteiger partial charge in [-0.3, -0.25) is 0 Å². The first-order valence-electron chi connectivity index (χ1n) is 8.94. The van der Waals surface area contributed by atoms with Crippen molar-refractivity contribution in [3.05, 3.63) is 0 Å². The van der Waals surface area contributed by atoms with Crippen LogP contribution < -0.4 is 0 Å². The number of ether oxygens (including phenoxy) is 2. The highest BCUT2D eigenvalue weighted by atomic mass is 16.6. The van der Waals surface area contributed by atoms with E-state index in [1.807, 2.05) is 34.6 Å². The molecule has 1 unspecified atom stereocenters. The molecule has 1 aliphatic rings. The maximum atomic E-state index is 12.8. The van der Waals surface area contributed by atoms with Gasteiger partial charge in [-0.25, -0.2) is 14.4 Å². The Morgan fingerprint density at radius 2 is 1.73 bits per heavy atom. The molecule has 0 saturated carbocycles. The van der Waals surface area contributed by atoms with Crippen LogP contribution in [0.25, 0.3) is 0 Å². The molecule has 0 spiro atoms. The molecule has 8 nitrogen and oxygen atoms in total. The van der Waals surface area contributed by atoms with Crippen molar-refractivity contribution in [3.63, 3.8) is 0 Å². The van der Waals surface area contributed by atoms with Crippen LogP contribution in [0.3, 0.4) is 0 Å². The molecule has 0 aromatic heterocycles. The van der Waals surface area contributed by atoms with E-state index in [0.29, 0.717) is 19.5 Å². The zero-order valence-electron chi connectivity index (χ0n) is 17.2. The molecule has 0 radical (unpaired) electrons. The van der Waals surface area contributed by atoms with E-state index in [1.54, 1.807) is 23.9 Å². The summed E-state index contributed by atoms with van der Waals surface area (Å²) < 4.78 is 10.2. The van der Waals surface area contributed by atoms with Gasteiger partial charge in [0, 0.05) is 27.2 Å². The zero-order chi connectivity index (χ0) is 20.2. The molecule has 8 heteroatoms.